The number of benzene rings is 1. The second kappa shape index (κ2) is 4.11. The molecule has 0 aliphatic heterocycles. The maximum Gasteiger partial charge on any atom is 0.128 e. The summed E-state index contributed by atoms with van der Waals surface area (Å²) < 4.78 is 6.25. The molecular formula is C10H13BrO2. The van der Waals surface area contributed by atoms with Gasteiger partial charge < -0.3 is 9.84 Å². The number of hydrogen-bond donors (Lipinski definition) is 1. The molecule has 1 rings (SSSR count). The Bertz CT molecular complexity index is 321. The van der Waals surface area contributed by atoms with Gasteiger partial charge in [-0.25, -0.2) is 0 Å². The van der Waals surface area contributed by atoms with Gasteiger partial charge in [0.05, 0.1) is 13.7 Å². The van der Waals surface area contributed by atoms with E-state index in [1.807, 2.05) is 19.9 Å². The van der Waals surface area contributed by atoms with Crippen LogP contribution in [0, 0.1) is 13.8 Å². The number of hydrogen-bond acceptors (Lipinski definition) is 2. The van der Waals surface area contributed by atoms with Gasteiger partial charge in [-0.2, -0.15) is 0 Å². The minimum absolute atomic E-state index is 0.0170. The van der Waals surface area contributed by atoms with E-state index in [0.29, 0.717) is 0 Å². The molecule has 0 saturated carbocycles. The molecule has 1 aromatic rings. The summed E-state index contributed by atoms with van der Waals surface area (Å²) >= 11 is 3.44. The van der Waals surface area contributed by atoms with Crippen LogP contribution in [-0.4, -0.2) is 12.2 Å². The fourth-order valence-electron chi connectivity index (χ4n) is 1.37. The Morgan fingerprint density at radius 3 is 2.54 bits per heavy atom. The van der Waals surface area contributed by atoms with E-state index in [2.05, 4.69) is 15.9 Å². The highest BCUT2D eigenvalue weighted by Gasteiger charge is 2.11. The zero-order valence-electron chi connectivity index (χ0n) is 8.02. The van der Waals surface area contributed by atoms with Gasteiger partial charge in [-0.3, -0.25) is 0 Å². The number of aliphatic hydroxyl groups excluding tert-OH is 1. The second-order valence-corrected chi connectivity index (χ2v) is 3.82. The Morgan fingerprint density at radius 2 is 2.08 bits per heavy atom. The quantitative estimate of drug-likeness (QED) is 0.867. The van der Waals surface area contributed by atoms with Crippen molar-refractivity contribution >= 4 is 15.9 Å². The van der Waals surface area contributed by atoms with Gasteiger partial charge in [-0.05, 0) is 25.5 Å². The molecule has 0 radical (unpaired) electrons. The van der Waals surface area contributed by atoms with E-state index in [-0.39, 0.29) is 6.61 Å². The molecule has 0 aliphatic carbocycles. The standard InChI is InChI=1S/C10H13BrO2/c1-6-4-9(11)7(2)10(13-3)8(6)5-12/h4,12H,5H2,1-3H3. The van der Waals surface area contributed by atoms with Gasteiger partial charge in [-0.1, -0.05) is 15.9 Å². The van der Waals surface area contributed by atoms with Crippen molar-refractivity contribution in [1.82, 2.24) is 0 Å². The number of rotatable bonds is 2. The summed E-state index contributed by atoms with van der Waals surface area (Å²) in [5, 5.41) is 9.15. The van der Waals surface area contributed by atoms with Gasteiger partial charge in [0.25, 0.3) is 0 Å². The lowest BCUT2D eigenvalue weighted by molar-refractivity contribution is 0.272. The highest BCUT2D eigenvalue weighted by atomic mass is 79.9. The number of ether oxygens (including phenoxy) is 1. The van der Waals surface area contributed by atoms with Crippen molar-refractivity contribution in [2.75, 3.05) is 7.11 Å². The van der Waals surface area contributed by atoms with Crippen LogP contribution in [0.4, 0.5) is 0 Å². The Labute approximate surface area is 86.7 Å². The fraction of sp³-hybridized carbons (Fsp3) is 0.400. The van der Waals surface area contributed by atoms with Crippen LogP contribution < -0.4 is 4.74 Å². The molecule has 0 aromatic heterocycles. The molecule has 1 aromatic carbocycles. The van der Waals surface area contributed by atoms with Crippen LogP contribution in [0.2, 0.25) is 0 Å². The van der Waals surface area contributed by atoms with Crippen LogP contribution >= 0.6 is 15.9 Å². The van der Waals surface area contributed by atoms with Gasteiger partial charge in [0, 0.05) is 15.6 Å². The Kier molecular flexibility index (Phi) is 3.33. The van der Waals surface area contributed by atoms with Crippen molar-refractivity contribution in [3.63, 3.8) is 0 Å². The molecule has 3 heteroatoms. The van der Waals surface area contributed by atoms with E-state index in [1.165, 1.54) is 0 Å². The SMILES string of the molecule is COc1c(C)c(Br)cc(C)c1CO. The van der Waals surface area contributed by atoms with Crippen molar-refractivity contribution in [3.8, 4) is 5.75 Å². The summed E-state index contributed by atoms with van der Waals surface area (Å²) in [6.07, 6.45) is 0. The zero-order chi connectivity index (χ0) is 10.0. The maximum absolute atomic E-state index is 9.15. The maximum atomic E-state index is 9.15. The Morgan fingerprint density at radius 1 is 1.46 bits per heavy atom. The zero-order valence-corrected chi connectivity index (χ0v) is 9.60. The van der Waals surface area contributed by atoms with Crippen LogP contribution in [-0.2, 0) is 6.61 Å². The highest BCUT2D eigenvalue weighted by molar-refractivity contribution is 9.10. The largest absolute Gasteiger partial charge is 0.496 e. The molecule has 13 heavy (non-hydrogen) atoms. The fourth-order valence-corrected chi connectivity index (χ4v) is 1.90. The van der Waals surface area contributed by atoms with E-state index in [0.717, 1.165) is 26.9 Å². The summed E-state index contributed by atoms with van der Waals surface area (Å²) in [5.41, 5.74) is 2.93. The van der Waals surface area contributed by atoms with E-state index >= 15 is 0 Å². The number of halogens is 1. The average molecular weight is 245 g/mol. The molecule has 0 unspecified atom stereocenters. The number of methoxy groups -OCH3 is 1. The lowest BCUT2D eigenvalue weighted by Gasteiger charge is -2.13. The number of aliphatic hydroxyl groups is 1. The van der Waals surface area contributed by atoms with E-state index in [4.69, 9.17) is 9.84 Å². The second-order valence-electron chi connectivity index (χ2n) is 2.97. The topological polar surface area (TPSA) is 29.5 Å². The molecule has 0 saturated heterocycles. The van der Waals surface area contributed by atoms with Gasteiger partial charge in [0.15, 0.2) is 0 Å². The minimum atomic E-state index is 0.0170. The third kappa shape index (κ3) is 1.86. The summed E-state index contributed by atoms with van der Waals surface area (Å²) in [7, 11) is 1.62. The molecular weight excluding hydrogens is 232 g/mol. The van der Waals surface area contributed by atoms with E-state index < -0.39 is 0 Å². The molecule has 0 fully saturated rings. The van der Waals surface area contributed by atoms with Crippen LogP contribution in [0.5, 0.6) is 5.75 Å². The van der Waals surface area contributed by atoms with Gasteiger partial charge in [0.1, 0.15) is 5.75 Å². The average Bonchev–Trinajstić information content (AvgIpc) is 2.10. The third-order valence-electron chi connectivity index (χ3n) is 2.15. The van der Waals surface area contributed by atoms with Crippen LogP contribution in [0.25, 0.3) is 0 Å². The highest BCUT2D eigenvalue weighted by Crippen LogP contribution is 2.32. The molecule has 0 aliphatic rings. The first kappa shape index (κ1) is 10.5. The Hall–Kier alpha value is -0.540. The minimum Gasteiger partial charge on any atom is -0.496 e. The van der Waals surface area contributed by atoms with Gasteiger partial charge in [-0.15, -0.1) is 0 Å². The van der Waals surface area contributed by atoms with E-state index in [1.54, 1.807) is 7.11 Å². The van der Waals surface area contributed by atoms with Crippen molar-refractivity contribution in [3.05, 3.63) is 27.2 Å². The van der Waals surface area contributed by atoms with Crippen molar-refractivity contribution in [2.24, 2.45) is 0 Å². The number of aryl methyl sites for hydroxylation is 1. The predicted octanol–water partition coefficient (Wildman–Crippen LogP) is 2.57. The third-order valence-corrected chi connectivity index (χ3v) is 2.98. The van der Waals surface area contributed by atoms with Crippen molar-refractivity contribution in [1.29, 1.82) is 0 Å². The molecule has 0 spiro atoms. The summed E-state index contributed by atoms with van der Waals surface area (Å²) in [6, 6.07) is 1.99. The first-order chi connectivity index (χ1) is 6.11. The molecule has 0 bridgehead atoms. The van der Waals surface area contributed by atoms with Crippen LogP contribution in [0.1, 0.15) is 16.7 Å². The summed E-state index contributed by atoms with van der Waals surface area (Å²) in [6.45, 7) is 3.93. The Balaban J connectivity index is 3.41. The molecule has 1 N–H and O–H groups in total. The summed E-state index contributed by atoms with van der Waals surface area (Å²) in [4.78, 5) is 0. The first-order valence-corrected chi connectivity index (χ1v) is 4.84. The van der Waals surface area contributed by atoms with E-state index in [9.17, 15) is 0 Å². The molecule has 72 valence electrons. The normalized spacial score (nSPS) is 10.2. The lowest BCUT2D eigenvalue weighted by Crippen LogP contribution is -1.98. The molecule has 0 atom stereocenters. The lowest BCUT2D eigenvalue weighted by atomic mass is 10.0. The smallest absolute Gasteiger partial charge is 0.128 e. The van der Waals surface area contributed by atoms with Crippen molar-refractivity contribution < 1.29 is 9.84 Å². The first-order valence-electron chi connectivity index (χ1n) is 4.05. The monoisotopic (exact) mass is 244 g/mol. The van der Waals surface area contributed by atoms with Gasteiger partial charge in [0.2, 0.25) is 0 Å². The predicted molar refractivity (Wildman–Crippen MR) is 56.1 cm³/mol. The van der Waals surface area contributed by atoms with Gasteiger partial charge >= 0.3 is 0 Å². The molecule has 2 nitrogen and oxygen atoms in total. The van der Waals surface area contributed by atoms with Crippen LogP contribution in [0.3, 0.4) is 0 Å². The summed E-state index contributed by atoms with van der Waals surface area (Å²) in [5.74, 6) is 0.773. The van der Waals surface area contributed by atoms with Crippen molar-refractivity contribution in [2.45, 2.75) is 20.5 Å². The van der Waals surface area contributed by atoms with Crippen LogP contribution in [0.15, 0.2) is 10.5 Å². The molecule has 0 heterocycles. The molecule has 0 amide bonds.